The number of halogens is 1. The highest BCUT2D eigenvalue weighted by Gasteiger charge is 2.32. The molecule has 0 atom stereocenters. The number of carboxylic acid groups (broad SMARTS) is 1. The van der Waals surface area contributed by atoms with E-state index in [0.717, 1.165) is 27.2 Å². The van der Waals surface area contributed by atoms with Gasteiger partial charge in [-0.25, -0.2) is 4.90 Å². The van der Waals surface area contributed by atoms with E-state index in [0.29, 0.717) is 5.69 Å². The Hall–Kier alpha value is -1.60. The van der Waals surface area contributed by atoms with Crippen LogP contribution in [0.25, 0.3) is 0 Å². The molecule has 1 aromatic rings. The van der Waals surface area contributed by atoms with Gasteiger partial charge in [-0.15, -0.1) is 11.8 Å². The van der Waals surface area contributed by atoms with E-state index in [9.17, 15) is 19.5 Å². The molecule has 2 rings (SSSR count). The van der Waals surface area contributed by atoms with Crippen molar-refractivity contribution in [2.24, 2.45) is 0 Å². The van der Waals surface area contributed by atoms with E-state index in [2.05, 4.69) is 15.9 Å². The molecule has 0 N–H and O–H groups in total. The van der Waals surface area contributed by atoms with Crippen LogP contribution in [-0.2, 0) is 14.4 Å². The van der Waals surface area contributed by atoms with Crippen LogP contribution in [0.2, 0.25) is 0 Å². The molecule has 0 saturated carbocycles. The van der Waals surface area contributed by atoms with Crippen LogP contribution < -0.4 is 10.0 Å². The van der Waals surface area contributed by atoms with Gasteiger partial charge in [0.05, 0.1) is 16.6 Å². The number of hydrogen-bond acceptors (Lipinski definition) is 5. The quantitative estimate of drug-likeness (QED) is 0.753. The van der Waals surface area contributed by atoms with E-state index in [1.807, 2.05) is 0 Å². The summed E-state index contributed by atoms with van der Waals surface area (Å²) in [7, 11) is 0. The summed E-state index contributed by atoms with van der Waals surface area (Å²) in [6, 6.07) is 6.67. The minimum absolute atomic E-state index is 0.108. The van der Waals surface area contributed by atoms with Gasteiger partial charge in [0.25, 0.3) is 11.8 Å². The first-order valence-electron chi connectivity index (χ1n) is 5.17. The summed E-state index contributed by atoms with van der Waals surface area (Å²) in [6.07, 6.45) is 1.14. The molecule has 0 aliphatic carbocycles. The van der Waals surface area contributed by atoms with Gasteiger partial charge in [-0.3, -0.25) is 9.59 Å². The van der Waals surface area contributed by atoms with Gasteiger partial charge in [-0.05, 0) is 24.3 Å². The number of imide groups is 1. The lowest BCUT2D eigenvalue weighted by Crippen LogP contribution is -2.31. The average molecular weight is 341 g/mol. The number of anilines is 1. The Morgan fingerprint density at radius 3 is 2.47 bits per heavy atom. The van der Waals surface area contributed by atoms with E-state index in [4.69, 9.17) is 0 Å². The van der Waals surface area contributed by atoms with E-state index in [1.165, 1.54) is 0 Å². The highest BCUT2D eigenvalue weighted by atomic mass is 79.9. The predicted molar refractivity (Wildman–Crippen MR) is 72.2 cm³/mol. The number of aliphatic carboxylic acids is 1. The molecule has 1 aliphatic rings. The molecule has 0 radical (unpaired) electrons. The van der Waals surface area contributed by atoms with Crippen LogP contribution in [-0.4, -0.2) is 23.5 Å². The summed E-state index contributed by atoms with van der Waals surface area (Å²) in [6.45, 7) is 0. The zero-order valence-electron chi connectivity index (χ0n) is 9.46. The number of carbonyl (C=O) groups excluding carboxylic acids is 3. The summed E-state index contributed by atoms with van der Waals surface area (Å²) in [4.78, 5) is 35.2. The van der Waals surface area contributed by atoms with E-state index < -0.39 is 17.8 Å². The summed E-state index contributed by atoms with van der Waals surface area (Å²) in [5.41, 5.74) is 0.443. The monoisotopic (exact) mass is 340 g/mol. The number of hydrogen-bond donors (Lipinski definition) is 0. The summed E-state index contributed by atoms with van der Waals surface area (Å²) >= 11 is 4.04. The van der Waals surface area contributed by atoms with Gasteiger partial charge in [-0.1, -0.05) is 15.9 Å². The van der Waals surface area contributed by atoms with Gasteiger partial charge in [0, 0.05) is 16.3 Å². The van der Waals surface area contributed by atoms with Crippen molar-refractivity contribution in [2.45, 2.75) is 0 Å². The Morgan fingerprint density at radius 2 is 1.89 bits per heavy atom. The molecule has 2 amide bonds. The lowest BCUT2D eigenvalue weighted by atomic mass is 10.3. The Bertz CT molecular complexity index is 582. The summed E-state index contributed by atoms with van der Waals surface area (Å²) < 4.78 is 0.829. The SMILES string of the molecule is O=C([O-])CSC1=CC(=O)N(c2ccc(Br)cc2)C1=O. The highest BCUT2D eigenvalue weighted by Crippen LogP contribution is 2.29. The maximum Gasteiger partial charge on any atom is 0.271 e. The molecule has 1 aromatic carbocycles. The smallest absolute Gasteiger partial charge is 0.271 e. The molecular formula is C12H7BrNO4S-. The minimum Gasteiger partial charge on any atom is -0.549 e. The molecular weight excluding hydrogens is 334 g/mol. The fourth-order valence-corrected chi connectivity index (χ4v) is 2.46. The van der Waals surface area contributed by atoms with Gasteiger partial charge < -0.3 is 9.90 Å². The third kappa shape index (κ3) is 3.05. The van der Waals surface area contributed by atoms with Crippen molar-refractivity contribution in [3.05, 3.63) is 39.7 Å². The van der Waals surface area contributed by atoms with Crippen molar-refractivity contribution in [1.29, 1.82) is 0 Å². The largest absolute Gasteiger partial charge is 0.549 e. The Morgan fingerprint density at radius 1 is 1.26 bits per heavy atom. The second kappa shape index (κ2) is 5.58. The zero-order valence-corrected chi connectivity index (χ0v) is 11.9. The van der Waals surface area contributed by atoms with E-state index in [1.54, 1.807) is 24.3 Å². The second-order valence-corrected chi connectivity index (χ2v) is 5.56. The van der Waals surface area contributed by atoms with Gasteiger partial charge in [0.15, 0.2) is 0 Å². The molecule has 0 spiro atoms. The third-order valence-electron chi connectivity index (χ3n) is 2.32. The van der Waals surface area contributed by atoms with Gasteiger partial charge >= 0.3 is 0 Å². The van der Waals surface area contributed by atoms with Crippen molar-refractivity contribution < 1.29 is 19.5 Å². The van der Waals surface area contributed by atoms with Crippen molar-refractivity contribution in [3.8, 4) is 0 Å². The standard InChI is InChI=1S/C12H8BrNO4S/c13-7-1-3-8(4-2-7)14-10(15)5-9(12(14)18)19-6-11(16)17/h1-5H,6H2,(H,16,17)/p-1. The molecule has 0 unspecified atom stereocenters. The van der Waals surface area contributed by atoms with Crippen molar-refractivity contribution in [2.75, 3.05) is 10.7 Å². The van der Waals surface area contributed by atoms with Crippen molar-refractivity contribution >= 4 is 51.2 Å². The molecule has 1 aliphatic heterocycles. The predicted octanol–water partition coefficient (Wildman–Crippen LogP) is 0.689. The molecule has 19 heavy (non-hydrogen) atoms. The minimum atomic E-state index is -1.28. The highest BCUT2D eigenvalue weighted by molar-refractivity contribution is 9.10. The van der Waals surface area contributed by atoms with Gasteiger partial charge in [-0.2, -0.15) is 0 Å². The van der Waals surface area contributed by atoms with Crippen LogP contribution >= 0.6 is 27.7 Å². The maximum absolute atomic E-state index is 12.0. The lowest BCUT2D eigenvalue weighted by Gasteiger charge is -2.14. The van der Waals surface area contributed by atoms with Crippen LogP contribution in [0.1, 0.15) is 0 Å². The number of thioether (sulfide) groups is 1. The maximum atomic E-state index is 12.0. The number of carboxylic acids is 1. The molecule has 98 valence electrons. The first-order chi connectivity index (χ1) is 8.99. The molecule has 0 fully saturated rings. The Balaban J connectivity index is 2.18. The fraction of sp³-hybridized carbons (Fsp3) is 0.0833. The Kier molecular flexibility index (Phi) is 4.06. The van der Waals surface area contributed by atoms with Crippen molar-refractivity contribution in [3.63, 3.8) is 0 Å². The first-order valence-corrected chi connectivity index (χ1v) is 6.95. The number of benzene rings is 1. The van der Waals surface area contributed by atoms with Crippen LogP contribution in [0, 0.1) is 0 Å². The van der Waals surface area contributed by atoms with E-state index in [-0.39, 0.29) is 10.7 Å². The number of nitrogens with zero attached hydrogens (tertiary/aromatic N) is 1. The molecule has 0 saturated heterocycles. The molecule has 0 bridgehead atoms. The van der Waals surface area contributed by atoms with Crippen LogP contribution in [0.5, 0.6) is 0 Å². The summed E-state index contributed by atoms with van der Waals surface area (Å²) in [5.74, 6) is -2.64. The van der Waals surface area contributed by atoms with Crippen LogP contribution in [0.3, 0.4) is 0 Å². The van der Waals surface area contributed by atoms with Crippen molar-refractivity contribution in [1.82, 2.24) is 0 Å². The molecule has 0 aromatic heterocycles. The number of amides is 2. The fourth-order valence-electron chi connectivity index (χ4n) is 1.52. The first kappa shape index (κ1) is 13.8. The number of rotatable bonds is 4. The average Bonchev–Trinajstić information content (AvgIpc) is 2.63. The third-order valence-corrected chi connectivity index (χ3v) is 3.83. The Labute approximate surface area is 121 Å². The van der Waals surface area contributed by atoms with E-state index >= 15 is 0 Å². The topological polar surface area (TPSA) is 77.5 Å². The van der Waals surface area contributed by atoms with Gasteiger partial charge in [0.2, 0.25) is 0 Å². The number of carbonyl (C=O) groups is 3. The zero-order chi connectivity index (χ0) is 14.0. The molecule has 7 heteroatoms. The molecule has 5 nitrogen and oxygen atoms in total. The molecule has 1 heterocycles. The lowest BCUT2D eigenvalue weighted by molar-refractivity contribution is -0.301. The van der Waals surface area contributed by atoms with Gasteiger partial charge in [0.1, 0.15) is 0 Å². The summed E-state index contributed by atoms with van der Waals surface area (Å²) in [5, 5.41) is 10.4. The second-order valence-electron chi connectivity index (χ2n) is 3.62. The van der Waals surface area contributed by atoms with Crippen LogP contribution in [0.4, 0.5) is 5.69 Å². The normalized spacial score (nSPS) is 14.8. The van der Waals surface area contributed by atoms with Crippen LogP contribution in [0.15, 0.2) is 39.7 Å².